The van der Waals surface area contributed by atoms with Crippen LogP contribution in [0.5, 0.6) is 0 Å². The third-order valence-corrected chi connectivity index (χ3v) is 5.02. The first kappa shape index (κ1) is 20.9. The van der Waals surface area contributed by atoms with Crippen molar-refractivity contribution < 1.29 is 8.78 Å². The molecule has 0 atom stereocenters. The molecule has 2 rings (SSSR count). The lowest BCUT2D eigenvalue weighted by Gasteiger charge is -2.33. The van der Waals surface area contributed by atoms with E-state index in [0.717, 1.165) is 17.4 Å². The molecule has 0 radical (unpaired) electrons. The van der Waals surface area contributed by atoms with Crippen molar-refractivity contribution in [3.8, 4) is 0 Å². The summed E-state index contributed by atoms with van der Waals surface area (Å²) in [5.41, 5.74) is 1.27. The minimum Gasteiger partial charge on any atom is -0.357 e. The van der Waals surface area contributed by atoms with E-state index in [9.17, 15) is 8.78 Å². The molecule has 2 aromatic rings. The number of rotatable bonds is 9. The first-order valence-electron chi connectivity index (χ1n) is 9.43. The summed E-state index contributed by atoms with van der Waals surface area (Å²) < 4.78 is 26.8. The van der Waals surface area contributed by atoms with Gasteiger partial charge in [0.25, 0.3) is 0 Å². The normalized spacial score (nSPS) is 12.4. The topological polar surface area (TPSA) is 54.2 Å². The fourth-order valence-corrected chi connectivity index (χ4v) is 3.19. The van der Waals surface area contributed by atoms with E-state index in [0.29, 0.717) is 19.0 Å². The number of hydrogen-bond donors (Lipinski definition) is 2. The van der Waals surface area contributed by atoms with Gasteiger partial charge in [0.05, 0.1) is 0 Å². The van der Waals surface area contributed by atoms with Crippen LogP contribution in [0, 0.1) is 0 Å². The zero-order chi connectivity index (χ0) is 19.7. The molecule has 0 bridgehead atoms. The first-order valence-corrected chi connectivity index (χ1v) is 9.43. The molecule has 148 valence electrons. The summed E-state index contributed by atoms with van der Waals surface area (Å²) in [5, 5.41) is 6.57. The minimum absolute atomic E-state index is 0.0150. The predicted molar refractivity (Wildman–Crippen MR) is 105 cm³/mol. The molecule has 1 aromatic carbocycles. The summed E-state index contributed by atoms with van der Waals surface area (Å²) in [5.74, 6) is 0.839. The number of nitrogens with one attached hydrogen (secondary N) is 2. The Kier molecular flexibility index (Phi) is 7.76. The van der Waals surface area contributed by atoms with Gasteiger partial charge in [-0.3, -0.25) is 4.57 Å². The van der Waals surface area contributed by atoms with Crippen LogP contribution in [0.15, 0.2) is 47.7 Å². The summed E-state index contributed by atoms with van der Waals surface area (Å²) in [7, 11) is 0. The van der Waals surface area contributed by atoms with Crippen molar-refractivity contribution >= 4 is 5.96 Å². The van der Waals surface area contributed by atoms with Gasteiger partial charge in [-0.1, -0.05) is 44.2 Å². The van der Waals surface area contributed by atoms with E-state index >= 15 is 0 Å². The zero-order valence-electron chi connectivity index (χ0n) is 16.3. The third-order valence-electron chi connectivity index (χ3n) is 5.02. The van der Waals surface area contributed by atoms with E-state index in [1.165, 1.54) is 18.0 Å². The number of nitrogens with zero attached hydrogens (tertiary/aromatic N) is 3. The Bertz CT molecular complexity index is 708. The smallest absolute Gasteiger partial charge is 0.319 e. The number of imidazole rings is 1. The van der Waals surface area contributed by atoms with E-state index in [-0.39, 0.29) is 17.8 Å². The lowest BCUT2D eigenvalue weighted by Crippen LogP contribution is -2.45. The highest BCUT2D eigenvalue weighted by atomic mass is 19.3. The number of guanidine groups is 1. The summed E-state index contributed by atoms with van der Waals surface area (Å²) in [4.78, 5) is 8.42. The highest BCUT2D eigenvalue weighted by molar-refractivity contribution is 5.79. The second-order valence-corrected chi connectivity index (χ2v) is 6.43. The molecule has 0 unspecified atom stereocenters. The van der Waals surface area contributed by atoms with Gasteiger partial charge in [0.1, 0.15) is 12.4 Å². The van der Waals surface area contributed by atoms with E-state index in [1.807, 2.05) is 13.0 Å². The number of aliphatic imine (C=N–C) groups is 1. The van der Waals surface area contributed by atoms with Gasteiger partial charge in [-0.15, -0.1) is 0 Å². The highest BCUT2D eigenvalue weighted by Gasteiger charge is 2.28. The maximum atomic E-state index is 13.0. The van der Waals surface area contributed by atoms with E-state index < -0.39 is 6.55 Å². The Morgan fingerprint density at radius 2 is 1.85 bits per heavy atom. The van der Waals surface area contributed by atoms with Crippen LogP contribution >= 0.6 is 0 Å². The Morgan fingerprint density at radius 3 is 2.44 bits per heavy atom. The highest BCUT2D eigenvalue weighted by Crippen LogP contribution is 2.30. The van der Waals surface area contributed by atoms with E-state index in [2.05, 4.69) is 58.7 Å². The van der Waals surface area contributed by atoms with Crippen LogP contribution in [-0.4, -0.2) is 28.6 Å². The third kappa shape index (κ3) is 5.28. The molecule has 0 spiro atoms. The molecule has 2 N–H and O–H groups in total. The zero-order valence-corrected chi connectivity index (χ0v) is 16.3. The number of benzene rings is 1. The second kappa shape index (κ2) is 10.0. The van der Waals surface area contributed by atoms with E-state index in [4.69, 9.17) is 0 Å². The molecule has 5 nitrogen and oxygen atoms in total. The average molecular weight is 377 g/mol. The molecular weight excluding hydrogens is 348 g/mol. The standard InChI is InChI=1S/C20H29F2N5/c1-4-20(5-2,16-10-8-7-9-11-16)15-26-19(23-6-3)25-14-17-24-12-13-27(17)18(21)22/h7-13,18H,4-6,14-15H2,1-3H3,(H2,23,25,26). The Morgan fingerprint density at radius 1 is 1.15 bits per heavy atom. The van der Waals surface area contributed by atoms with Gasteiger partial charge in [0.2, 0.25) is 0 Å². The summed E-state index contributed by atoms with van der Waals surface area (Å²) in [6, 6.07) is 10.4. The summed E-state index contributed by atoms with van der Waals surface area (Å²) in [6.45, 7) is 5.21. The first-order chi connectivity index (χ1) is 13.1. The fourth-order valence-electron chi connectivity index (χ4n) is 3.19. The average Bonchev–Trinajstić information content (AvgIpc) is 3.17. The largest absolute Gasteiger partial charge is 0.357 e. The van der Waals surface area contributed by atoms with Crippen LogP contribution in [0.2, 0.25) is 0 Å². The molecule has 0 aliphatic carbocycles. The molecule has 0 saturated heterocycles. The van der Waals surface area contributed by atoms with Crippen molar-refractivity contribution in [2.75, 3.05) is 13.1 Å². The summed E-state index contributed by atoms with van der Waals surface area (Å²) >= 11 is 0. The SMILES string of the molecule is CCNC(=NCc1nccn1C(F)F)NCC(CC)(CC)c1ccccc1. The van der Waals surface area contributed by atoms with Crippen molar-refractivity contribution in [2.24, 2.45) is 4.99 Å². The van der Waals surface area contributed by atoms with E-state index in [1.54, 1.807) is 0 Å². The van der Waals surface area contributed by atoms with Gasteiger partial charge in [-0.2, -0.15) is 8.78 Å². The molecule has 27 heavy (non-hydrogen) atoms. The second-order valence-electron chi connectivity index (χ2n) is 6.43. The molecule has 0 fully saturated rings. The molecule has 0 aliphatic rings. The van der Waals surface area contributed by atoms with Crippen LogP contribution in [0.25, 0.3) is 0 Å². The molecule has 1 aromatic heterocycles. The predicted octanol–water partition coefficient (Wildman–Crippen LogP) is 4.09. The maximum Gasteiger partial charge on any atom is 0.319 e. The van der Waals surface area contributed by atoms with Crippen molar-refractivity contribution in [3.05, 3.63) is 54.1 Å². The van der Waals surface area contributed by atoms with Crippen molar-refractivity contribution in [3.63, 3.8) is 0 Å². The van der Waals surface area contributed by atoms with Crippen LogP contribution in [0.1, 0.15) is 51.6 Å². The van der Waals surface area contributed by atoms with Crippen LogP contribution in [-0.2, 0) is 12.0 Å². The lowest BCUT2D eigenvalue weighted by atomic mass is 9.76. The van der Waals surface area contributed by atoms with Gasteiger partial charge >= 0.3 is 6.55 Å². The molecule has 0 saturated carbocycles. The number of alkyl halides is 2. The molecule has 0 aliphatic heterocycles. The quantitative estimate of drug-likeness (QED) is 0.511. The van der Waals surface area contributed by atoms with Gasteiger partial charge in [0, 0.05) is 30.9 Å². The summed E-state index contributed by atoms with van der Waals surface area (Å²) in [6.07, 6.45) is 4.60. The van der Waals surface area contributed by atoms with Gasteiger partial charge in [0.15, 0.2) is 5.96 Å². The minimum atomic E-state index is -2.61. The monoisotopic (exact) mass is 377 g/mol. The lowest BCUT2D eigenvalue weighted by molar-refractivity contribution is 0.0671. The van der Waals surface area contributed by atoms with Crippen molar-refractivity contribution in [1.29, 1.82) is 0 Å². The molecular formula is C20H29F2N5. The molecule has 1 heterocycles. The number of halogens is 2. The van der Waals surface area contributed by atoms with Crippen LogP contribution < -0.4 is 10.6 Å². The Labute approximate surface area is 159 Å². The van der Waals surface area contributed by atoms with Crippen LogP contribution in [0.4, 0.5) is 8.78 Å². The van der Waals surface area contributed by atoms with Gasteiger partial charge in [-0.05, 0) is 25.3 Å². The molecule has 0 amide bonds. The van der Waals surface area contributed by atoms with Crippen LogP contribution in [0.3, 0.4) is 0 Å². The van der Waals surface area contributed by atoms with Gasteiger partial charge < -0.3 is 10.6 Å². The molecule has 7 heteroatoms. The van der Waals surface area contributed by atoms with Crippen molar-refractivity contribution in [2.45, 2.75) is 52.1 Å². The van der Waals surface area contributed by atoms with Gasteiger partial charge in [-0.25, -0.2) is 9.98 Å². The van der Waals surface area contributed by atoms with Crippen molar-refractivity contribution in [1.82, 2.24) is 20.2 Å². The Balaban J connectivity index is 2.13. The Hall–Kier alpha value is -2.44. The maximum absolute atomic E-state index is 13.0. The number of aromatic nitrogens is 2. The number of hydrogen-bond acceptors (Lipinski definition) is 2. The fraction of sp³-hybridized carbons (Fsp3) is 0.500.